The second-order valence-corrected chi connectivity index (χ2v) is 6.98. The highest BCUT2D eigenvalue weighted by Gasteiger charge is 2.40. The lowest BCUT2D eigenvalue weighted by molar-refractivity contribution is 0.270. The van der Waals surface area contributed by atoms with E-state index in [0.29, 0.717) is 5.41 Å². The van der Waals surface area contributed by atoms with Crippen molar-refractivity contribution in [2.75, 3.05) is 45.2 Å². The third-order valence-electron chi connectivity index (χ3n) is 4.15. The molecule has 3 heterocycles. The maximum atomic E-state index is 4.45. The van der Waals surface area contributed by atoms with Crippen molar-refractivity contribution in [3.63, 3.8) is 0 Å². The van der Waals surface area contributed by atoms with Gasteiger partial charge in [-0.2, -0.15) is 0 Å². The maximum Gasteiger partial charge on any atom is 0.185 e. The molecule has 1 N–H and O–H groups in total. The van der Waals surface area contributed by atoms with Gasteiger partial charge in [0.15, 0.2) is 5.13 Å². The topological polar surface area (TPSA) is 31.4 Å². The van der Waals surface area contributed by atoms with Crippen molar-refractivity contribution in [3.05, 3.63) is 11.1 Å². The lowest BCUT2D eigenvalue weighted by Gasteiger charge is -2.22. The van der Waals surface area contributed by atoms with Gasteiger partial charge < -0.3 is 10.2 Å². The Kier molecular flexibility index (Phi) is 3.30. The first kappa shape index (κ1) is 12.4. The molecule has 2 saturated heterocycles. The number of rotatable bonds is 3. The van der Waals surface area contributed by atoms with Crippen LogP contribution in [0.4, 0.5) is 5.13 Å². The number of likely N-dealkylation sites (tertiary alicyclic amines) is 1. The molecule has 1 aromatic rings. The van der Waals surface area contributed by atoms with Crippen LogP contribution < -0.4 is 10.2 Å². The van der Waals surface area contributed by atoms with Gasteiger partial charge in [0.05, 0.1) is 0 Å². The quantitative estimate of drug-likeness (QED) is 0.896. The zero-order valence-electron chi connectivity index (χ0n) is 11.3. The SMILES string of the molecule is CN(C)c1ncc(CN2CCC3(CCNC3)C2)s1. The molecule has 0 saturated carbocycles. The van der Waals surface area contributed by atoms with E-state index < -0.39 is 0 Å². The van der Waals surface area contributed by atoms with Crippen molar-refractivity contribution < 1.29 is 0 Å². The minimum atomic E-state index is 0.578. The van der Waals surface area contributed by atoms with Crippen LogP contribution in [-0.4, -0.2) is 50.2 Å². The number of thiazole rings is 1. The fourth-order valence-electron chi connectivity index (χ4n) is 3.10. The number of nitrogens with zero attached hydrogens (tertiary/aromatic N) is 3. The zero-order chi connectivity index (χ0) is 12.6. The number of anilines is 1. The fourth-order valence-corrected chi connectivity index (χ4v) is 3.98. The minimum absolute atomic E-state index is 0.578. The number of hydrogen-bond donors (Lipinski definition) is 1. The average molecular weight is 266 g/mol. The zero-order valence-corrected chi connectivity index (χ0v) is 12.1. The van der Waals surface area contributed by atoms with Crippen molar-refractivity contribution >= 4 is 16.5 Å². The molecule has 2 fully saturated rings. The highest BCUT2D eigenvalue weighted by molar-refractivity contribution is 7.15. The molecule has 1 unspecified atom stereocenters. The summed E-state index contributed by atoms with van der Waals surface area (Å²) in [6.07, 6.45) is 4.76. The van der Waals surface area contributed by atoms with Gasteiger partial charge in [-0.05, 0) is 31.3 Å². The molecule has 0 amide bonds. The monoisotopic (exact) mass is 266 g/mol. The van der Waals surface area contributed by atoms with E-state index in [4.69, 9.17) is 0 Å². The fraction of sp³-hybridized carbons (Fsp3) is 0.769. The van der Waals surface area contributed by atoms with Crippen LogP contribution >= 0.6 is 11.3 Å². The van der Waals surface area contributed by atoms with Gasteiger partial charge in [-0.15, -0.1) is 11.3 Å². The molecule has 18 heavy (non-hydrogen) atoms. The van der Waals surface area contributed by atoms with Crippen LogP contribution in [-0.2, 0) is 6.54 Å². The molecule has 4 nitrogen and oxygen atoms in total. The van der Waals surface area contributed by atoms with Gasteiger partial charge in [0.2, 0.25) is 0 Å². The molecule has 1 atom stereocenters. The summed E-state index contributed by atoms with van der Waals surface area (Å²) in [5.74, 6) is 0. The van der Waals surface area contributed by atoms with E-state index in [1.165, 1.54) is 43.9 Å². The smallest absolute Gasteiger partial charge is 0.185 e. The highest BCUT2D eigenvalue weighted by Crippen LogP contribution is 2.37. The van der Waals surface area contributed by atoms with Crippen LogP contribution in [0.5, 0.6) is 0 Å². The van der Waals surface area contributed by atoms with Crippen LogP contribution in [0.15, 0.2) is 6.20 Å². The third kappa shape index (κ3) is 2.39. The standard InChI is InChI=1S/C13H22N4S/c1-16(2)12-15-7-11(18-12)8-17-6-4-13(10-17)3-5-14-9-13/h7,14H,3-6,8-10H2,1-2H3. The Bertz CT molecular complexity index is 409. The van der Waals surface area contributed by atoms with Crippen molar-refractivity contribution in [1.29, 1.82) is 0 Å². The molecular weight excluding hydrogens is 244 g/mol. The van der Waals surface area contributed by atoms with Crippen LogP contribution in [0.25, 0.3) is 0 Å². The molecule has 1 aromatic heterocycles. The Labute approximate surface area is 113 Å². The van der Waals surface area contributed by atoms with Crippen LogP contribution in [0.3, 0.4) is 0 Å². The van der Waals surface area contributed by atoms with Crippen molar-refractivity contribution in [1.82, 2.24) is 15.2 Å². The van der Waals surface area contributed by atoms with Gasteiger partial charge >= 0.3 is 0 Å². The molecule has 0 radical (unpaired) electrons. The van der Waals surface area contributed by atoms with Gasteiger partial charge in [-0.25, -0.2) is 4.98 Å². The predicted molar refractivity (Wildman–Crippen MR) is 76.3 cm³/mol. The van der Waals surface area contributed by atoms with E-state index in [2.05, 4.69) is 34.2 Å². The Balaban J connectivity index is 1.60. The summed E-state index contributed by atoms with van der Waals surface area (Å²) in [7, 11) is 4.11. The number of nitrogens with one attached hydrogen (secondary N) is 1. The second kappa shape index (κ2) is 4.79. The van der Waals surface area contributed by atoms with Crippen LogP contribution in [0, 0.1) is 5.41 Å². The Morgan fingerprint density at radius 3 is 3.06 bits per heavy atom. The second-order valence-electron chi connectivity index (χ2n) is 5.89. The molecule has 0 aliphatic carbocycles. The van der Waals surface area contributed by atoms with Gasteiger partial charge in [-0.3, -0.25) is 4.90 Å². The molecule has 5 heteroatoms. The third-order valence-corrected chi connectivity index (χ3v) is 5.30. The summed E-state index contributed by atoms with van der Waals surface area (Å²) < 4.78 is 0. The van der Waals surface area contributed by atoms with Gasteiger partial charge in [-0.1, -0.05) is 0 Å². The van der Waals surface area contributed by atoms with E-state index in [0.717, 1.165) is 11.7 Å². The largest absolute Gasteiger partial charge is 0.354 e. The molecular formula is C13H22N4S. The summed E-state index contributed by atoms with van der Waals surface area (Å²) in [5, 5.41) is 4.63. The van der Waals surface area contributed by atoms with Gasteiger partial charge in [0.25, 0.3) is 0 Å². The lowest BCUT2D eigenvalue weighted by atomic mass is 9.87. The van der Waals surface area contributed by atoms with Crippen LogP contribution in [0.1, 0.15) is 17.7 Å². The van der Waals surface area contributed by atoms with Crippen molar-refractivity contribution in [2.45, 2.75) is 19.4 Å². The van der Waals surface area contributed by atoms with Crippen molar-refractivity contribution in [3.8, 4) is 0 Å². The number of aromatic nitrogens is 1. The summed E-state index contributed by atoms with van der Waals surface area (Å²) in [5.41, 5.74) is 0.578. The first-order valence-corrected chi connectivity index (χ1v) is 7.54. The Morgan fingerprint density at radius 1 is 1.50 bits per heavy atom. The minimum Gasteiger partial charge on any atom is -0.354 e. The Morgan fingerprint density at radius 2 is 2.39 bits per heavy atom. The van der Waals surface area contributed by atoms with E-state index >= 15 is 0 Å². The summed E-state index contributed by atoms with van der Waals surface area (Å²) in [6, 6.07) is 0. The first-order valence-electron chi connectivity index (χ1n) is 6.72. The number of hydrogen-bond acceptors (Lipinski definition) is 5. The maximum absolute atomic E-state index is 4.45. The molecule has 0 bridgehead atoms. The Hall–Kier alpha value is -0.650. The molecule has 3 rings (SSSR count). The normalized spacial score (nSPS) is 28.3. The van der Waals surface area contributed by atoms with Crippen LogP contribution in [0.2, 0.25) is 0 Å². The van der Waals surface area contributed by atoms with E-state index in [9.17, 15) is 0 Å². The molecule has 0 aromatic carbocycles. The van der Waals surface area contributed by atoms with E-state index in [-0.39, 0.29) is 0 Å². The van der Waals surface area contributed by atoms with E-state index in [1.807, 2.05) is 17.5 Å². The molecule has 2 aliphatic rings. The summed E-state index contributed by atoms with van der Waals surface area (Å²) in [4.78, 5) is 10.5. The highest BCUT2D eigenvalue weighted by atomic mass is 32.1. The average Bonchev–Trinajstić information content (AvgIpc) is 3.03. The lowest BCUT2D eigenvalue weighted by Crippen LogP contribution is -2.28. The molecule has 2 aliphatic heterocycles. The summed E-state index contributed by atoms with van der Waals surface area (Å²) in [6.45, 7) is 6.01. The van der Waals surface area contributed by atoms with Crippen molar-refractivity contribution in [2.24, 2.45) is 5.41 Å². The molecule has 100 valence electrons. The molecule has 1 spiro atoms. The summed E-state index contributed by atoms with van der Waals surface area (Å²) >= 11 is 1.82. The predicted octanol–water partition coefficient (Wildman–Crippen LogP) is 1.39. The van der Waals surface area contributed by atoms with Gasteiger partial charge in [0, 0.05) is 44.8 Å². The first-order chi connectivity index (χ1) is 8.67. The van der Waals surface area contributed by atoms with E-state index in [1.54, 1.807) is 0 Å². The van der Waals surface area contributed by atoms with Gasteiger partial charge in [0.1, 0.15) is 0 Å².